The fraction of sp³-hybridized carbons (Fsp3) is 0.250. The van der Waals surface area contributed by atoms with Gasteiger partial charge in [-0.3, -0.25) is 9.97 Å². The monoisotopic (exact) mass is 384 g/mol. The lowest BCUT2D eigenvalue weighted by molar-refractivity contribution is 0.266. The van der Waals surface area contributed by atoms with Gasteiger partial charge in [0.1, 0.15) is 17.3 Å². The van der Waals surface area contributed by atoms with Crippen LogP contribution in [-0.4, -0.2) is 39.3 Å². The summed E-state index contributed by atoms with van der Waals surface area (Å²) in [6, 6.07) is 7.96. The van der Waals surface area contributed by atoms with Gasteiger partial charge in [0, 0.05) is 30.1 Å². The maximum Gasteiger partial charge on any atom is 0.148 e. The third kappa shape index (κ3) is 3.50. The van der Waals surface area contributed by atoms with Gasteiger partial charge >= 0.3 is 0 Å². The molecule has 0 bridgehead atoms. The van der Waals surface area contributed by atoms with E-state index < -0.39 is 0 Å². The molecule has 27 heavy (non-hydrogen) atoms. The normalized spacial score (nSPS) is 16.7. The standard InChI is InChI=1S/C20H18ClFN4O/c21-17-10-23-8-7-16(17)20-19(13-3-5-14(22)6-4-13)24-11-18(25-20)26-9-1-2-15(26)12-27/h3-8,10-11,15,27H,1-2,9,12H2/t15-/m0/s1. The molecule has 3 heterocycles. The molecule has 1 N–H and O–H groups in total. The molecule has 1 saturated heterocycles. The van der Waals surface area contributed by atoms with Crippen LogP contribution in [0.3, 0.4) is 0 Å². The molecule has 138 valence electrons. The fourth-order valence-electron chi connectivity index (χ4n) is 3.42. The minimum absolute atomic E-state index is 0.0386. The van der Waals surface area contributed by atoms with Crippen LogP contribution in [-0.2, 0) is 0 Å². The number of benzene rings is 1. The highest BCUT2D eigenvalue weighted by atomic mass is 35.5. The van der Waals surface area contributed by atoms with Crippen molar-refractivity contribution in [3.8, 4) is 22.5 Å². The van der Waals surface area contributed by atoms with Crippen molar-refractivity contribution in [2.24, 2.45) is 0 Å². The third-order valence-corrected chi connectivity index (χ3v) is 5.09. The second-order valence-electron chi connectivity index (χ2n) is 6.46. The fourth-order valence-corrected chi connectivity index (χ4v) is 3.63. The van der Waals surface area contributed by atoms with E-state index in [0.717, 1.165) is 24.9 Å². The topological polar surface area (TPSA) is 62.1 Å². The zero-order valence-electron chi connectivity index (χ0n) is 14.5. The lowest BCUT2D eigenvalue weighted by atomic mass is 10.0. The molecule has 1 fully saturated rings. The molecule has 1 aliphatic heterocycles. The van der Waals surface area contributed by atoms with Gasteiger partial charge in [-0.1, -0.05) is 11.6 Å². The summed E-state index contributed by atoms with van der Waals surface area (Å²) in [4.78, 5) is 15.6. The number of anilines is 1. The van der Waals surface area contributed by atoms with Crippen molar-refractivity contribution in [1.29, 1.82) is 0 Å². The summed E-state index contributed by atoms with van der Waals surface area (Å²) in [5, 5.41) is 10.1. The first kappa shape index (κ1) is 17.8. The molecule has 1 atom stereocenters. The van der Waals surface area contributed by atoms with Gasteiger partial charge < -0.3 is 10.0 Å². The van der Waals surface area contributed by atoms with Gasteiger partial charge in [0.2, 0.25) is 0 Å². The Bertz CT molecular complexity index is 951. The number of aliphatic hydroxyl groups excluding tert-OH is 1. The number of pyridine rings is 1. The van der Waals surface area contributed by atoms with E-state index in [1.807, 2.05) is 0 Å². The van der Waals surface area contributed by atoms with Crippen LogP contribution in [0.15, 0.2) is 48.9 Å². The third-order valence-electron chi connectivity index (χ3n) is 4.79. The molecular formula is C20H18ClFN4O. The largest absolute Gasteiger partial charge is 0.394 e. The highest BCUT2D eigenvalue weighted by molar-refractivity contribution is 6.33. The SMILES string of the molecule is OC[C@@H]1CCCN1c1cnc(-c2ccc(F)cc2)c(-c2ccncc2Cl)n1. The number of aromatic nitrogens is 3. The summed E-state index contributed by atoms with van der Waals surface area (Å²) in [6.07, 6.45) is 6.83. The summed E-state index contributed by atoms with van der Waals surface area (Å²) in [7, 11) is 0. The van der Waals surface area contributed by atoms with Crippen LogP contribution in [0.2, 0.25) is 5.02 Å². The Labute approximate surface area is 161 Å². The van der Waals surface area contributed by atoms with E-state index in [-0.39, 0.29) is 18.5 Å². The van der Waals surface area contributed by atoms with Crippen molar-refractivity contribution in [1.82, 2.24) is 15.0 Å². The zero-order valence-corrected chi connectivity index (χ0v) is 15.3. The molecule has 2 aromatic heterocycles. The number of aliphatic hydroxyl groups is 1. The smallest absolute Gasteiger partial charge is 0.148 e. The first-order valence-electron chi connectivity index (χ1n) is 8.77. The minimum Gasteiger partial charge on any atom is -0.394 e. The van der Waals surface area contributed by atoms with Gasteiger partial charge in [-0.05, 0) is 43.2 Å². The van der Waals surface area contributed by atoms with E-state index in [1.165, 1.54) is 12.1 Å². The van der Waals surface area contributed by atoms with Crippen molar-refractivity contribution in [3.63, 3.8) is 0 Å². The van der Waals surface area contributed by atoms with Crippen LogP contribution in [0.5, 0.6) is 0 Å². The Kier molecular flexibility index (Phi) is 5.01. The lowest BCUT2D eigenvalue weighted by Gasteiger charge is -2.24. The van der Waals surface area contributed by atoms with E-state index in [4.69, 9.17) is 16.6 Å². The van der Waals surface area contributed by atoms with Crippen LogP contribution in [0, 0.1) is 5.82 Å². The van der Waals surface area contributed by atoms with E-state index in [9.17, 15) is 9.50 Å². The molecule has 0 amide bonds. The Morgan fingerprint density at radius 1 is 1.15 bits per heavy atom. The van der Waals surface area contributed by atoms with Gasteiger partial charge in [-0.15, -0.1) is 0 Å². The molecule has 4 rings (SSSR count). The predicted octanol–water partition coefficient (Wildman–Crippen LogP) is 3.96. The summed E-state index contributed by atoms with van der Waals surface area (Å²) in [5.74, 6) is 0.384. The number of rotatable bonds is 4. The first-order chi connectivity index (χ1) is 13.2. The quantitative estimate of drug-likeness (QED) is 0.737. The zero-order chi connectivity index (χ0) is 18.8. The molecule has 5 nitrogen and oxygen atoms in total. The molecule has 1 aliphatic rings. The Hall–Kier alpha value is -2.57. The van der Waals surface area contributed by atoms with Gasteiger partial charge in [-0.25, -0.2) is 9.37 Å². The highest BCUT2D eigenvalue weighted by Crippen LogP contribution is 2.35. The Morgan fingerprint density at radius 2 is 1.96 bits per heavy atom. The van der Waals surface area contributed by atoms with E-state index >= 15 is 0 Å². The average Bonchev–Trinajstić information content (AvgIpc) is 3.17. The Balaban J connectivity index is 1.86. The van der Waals surface area contributed by atoms with Gasteiger partial charge in [0.25, 0.3) is 0 Å². The van der Waals surface area contributed by atoms with Crippen LogP contribution < -0.4 is 4.90 Å². The van der Waals surface area contributed by atoms with Crippen LogP contribution in [0.1, 0.15) is 12.8 Å². The van der Waals surface area contributed by atoms with Crippen molar-refractivity contribution < 1.29 is 9.50 Å². The van der Waals surface area contributed by atoms with Crippen LogP contribution >= 0.6 is 11.6 Å². The van der Waals surface area contributed by atoms with E-state index in [1.54, 1.807) is 36.8 Å². The van der Waals surface area contributed by atoms with Gasteiger partial charge in [0.05, 0.1) is 29.6 Å². The van der Waals surface area contributed by atoms with Crippen LogP contribution in [0.25, 0.3) is 22.5 Å². The number of halogens is 2. The second kappa shape index (κ2) is 7.58. The second-order valence-corrected chi connectivity index (χ2v) is 6.87. The lowest BCUT2D eigenvalue weighted by Crippen LogP contribution is -2.32. The molecule has 0 saturated carbocycles. The summed E-state index contributed by atoms with van der Waals surface area (Å²) < 4.78 is 13.3. The molecule has 3 aromatic rings. The molecule has 0 unspecified atom stereocenters. The van der Waals surface area contributed by atoms with Crippen molar-refractivity contribution in [2.45, 2.75) is 18.9 Å². The van der Waals surface area contributed by atoms with Gasteiger partial charge in [-0.2, -0.15) is 0 Å². The summed E-state index contributed by atoms with van der Waals surface area (Å²) in [6.45, 7) is 0.895. The molecule has 7 heteroatoms. The first-order valence-corrected chi connectivity index (χ1v) is 9.15. The van der Waals surface area contributed by atoms with E-state index in [2.05, 4.69) is 14.9 Å². The molecule has 0 aliphatic carbocycles. The average molecular weight is 385 g/mol. The maximum absolute atomic E-state index is 13.3. The van der Waals surface area contributed by atoms with Crippen LogP contribution in [0.4, 0.5) is 10.2 Å². The highest BCUT2D eigenvalue weighted by Gasteiger charge is 2.26. The number of nitrogens with zero attached hydrogens (tertiary/aromatic N) is 4. The molecule has 1 aromatic carbocycles. The number of hydrogen-bond donors (Lipinski definition) is 1. The molecular weight excluding hydrogens is 367 g/mol. The predicted molar refractivity (Wildman–Crippen MR) is 103 cm³/mol. The summed E-state index contributed by atoms with van der Waals surface area (Å²) >= 11 is 6.37. The molecule has 0 spiro atoms. The van der Waals surface area contributed by atoms with E-state index in [0.29, 0.717) is 27.8 Å². The molecule has 0 radical (unpaired) electrons. The van der Waals surface area contributed by atoms with Gasteiger partial charge in [0.15, 0.2) is 0 Å². The van der Waals surface area contributed by atoms with Crippen molar-refractivity contribution in [3.05, 3.63) is 59.8 Å². The van der Waals surface area contributed by atoms with Crippen molar-refractivity contribution in [2.75, 3.05) is 18.1 Å². The maximum atomic E-state index is 13.3. The number of hydrogen-bond acceptors (Lipinski definition) is 5. The van der Waals surface area contributed by atoms with Crippen molar-refractivity contribution >= 4 is 17.4 Å². The minimum atomic E-state index is -0.310. The summed E-state index contributed by atoms with van der Waals surface area (Å²) in [5.41, 5.74) is 2.68. The Morgan fingerprint density at radius 3 is 2.70 bits per heavy atom.